The maximum Gasteiger partial charge on any atom is 0.273 e. The molecule has 1 amide bonds. The highest BCUT2D eigenvalue weighted by atomic mass is 32.1. The summed E-state index contributed by atoms with van der Waals surface area (Å²) in [6.07, 6.45) is 2.81. The Hall–Kier alpha value is -1.95. The van der Waals surface area contributed by atoms with E-state index in [0.29, 0.717) is 11.7 Å². The molecule has 23 heavy (non-hydrogen) atoms. The number of likely N-dealkylation sites (tertiary alicyclic amines) is 1. The van der Waals surface area contributed by atoms with Gasteiger partial charge < -0.3 is 9.80 Å². The molecule has 0 saturated carbocycles. The Labute approximate surface area is 138 Å². The molecule has 3 heterocycles. The highest BCUT2D eigenvalue weighted by Crippen LogP contribution is 2.33. The summed E-state index contributed by atoms with van der Waals surface area (Å²) in [5, 5.41) is 1.81. The molecule has 120 valence electrons. The Morgan fingerprint density at radius 2 is 2.09 bits per heavy atom. The van der Waals surface area contributed by atoms with Crippen molar-refractivity contribution in [3.63, 3.8) is 0 Å². The van der Waals surface area contributed by atoms with E-state index in [4.69, 9.17) is 0 Å². The second-order valence-corrected chi connectivity index (χ2v) is 6.83. The third-order valence-electron chi connectivity index (χ3n) is 4.82. The van der Waals surface area contributed by atoms with E-state index < -0.39 is 0 Å². The number of hydrogen-bond acceptors (Lipinski definition) is 4. The number of carbonyl (C=O) groups is 1. The van der Waals surface area contributed by atoms with Crippen LogP contribution in [0.15, 0.2) is 29.1 Å². The average molecular weight is 331 g/mol. The van der Waals surface area contributed by atoms with Crippen LogP contribution in [-0.2, 0) is 6.42 Å². The van der Waals surface area contributed by atoms with Gasteiger partial charge in [-0.15, -0.1) is 11.3 Å². The van der Waals surface area contributed by atoms with Crippen LogP contribution < -0.4 is 4.90 Å². The summed E-state index contributed by atoms with van der Waals surface area (Å²) in [5.74, 6) is -0.122. The van der Waals surface area contributed by atoms with Crippen LogP contribution in [0.3, 0.4) is 0 Å². The van der Waals surface area contributed by atoms with Crippen molar-refractivity contribution in [1.82, 2.24) is 9.88 Å². The van der Waals surface area contributed by atoms with Crippen LogP contribution in [0.4, 0.5) is 10.1 Å². The van der Waals surface area contributed by atoms with Gasteiger partial charge >= 0.3 is 0 Å². The lowest BCUT2D eigenvalue weighted by Gasteiger charge is -2.37. The fraction of sp³-hybridized carbons (Fsp3) is 0.412. The zero-order valence-corrected chi connectivity index (χ0v) is 13.6. The number of hydrogen-bond donors (Lipinski definition) is 0. The molecule has 0 aliphatic carbocycles. The monoisotopic (exact) mass is 331 g/mol. The van der Waals surface area contributed by atoms with Crippen molar-refractivity contribution in [2.45, 2.75) is 25.3 Å². The molecule has 1 fully saturated rings. The number of carbonyl (C=O) groups excluding carboxylic acids is 1. The minimum Gasteiger partial charge on any atom is -0.368 e. The van der Waals surface area contributed by atoms with E-state index in [1.165, 1.54) is 17.4 Å². The predicted molar refractivity (Wildman–Crippen MR) is 88.5 cm³/mol. The normalized spacial score (nSPS) is 18.3. The smallest absolute Gasteiger partial charge is 0.273 e. The summed E-state index contributed by atoms with van der Waals surface area (Å²) < 4.78 is 13.3. The lowest BCUT2D eigenvalue weighted by molar-refractivity contribution is 0.0707. The average Bonchev–Trinajstić information content (AvgIpc) is 3.23. The van der Waals surface area contributed by atoms with E-state index in [1.54, 1.807) is 17.0 Å². The molecule has 0 unspecified atom stereocenters. The molecule has 2 aliphatic rings. The Morgan fingerprint density at radius 1 is 1.26 bits per heavy atom. The summed E-state index contributed by atoms with van der Waals surface area (Å²) in [6, 6.07) is 5.51. The van der Waals surface area contributed by atoms with Crippen molar-refractivity contribution in [3.05, 3.63) is 46.2 Å². The van der Waals surface area contributed by atoms with Gasteiger partial charge in [-0.3, -0.25) is 4.79 Å². The Kier molecular flexibility index (Phi) is 3.77. The van der Waals surface area contributed by atoms with Gasteiger partial charge in [-0.05, 0) is 43.0 Å². The number of fused-ring (bicyclic) bond motifs is 1. The quantitative estimate of drug-likeness (QED) is 0.849. The van der Waals surface area contributed by atoms with Crippen molar-refractivity contribution in [1.29, 1.82) is 0 Å². The number of thiazole rings is 1. The number of rotatable bonds is 2. The second-order valence-electron chi connectivity index (χ2n) is 6.11. The third kappa shape index (κ3) is 2.72. The van der Waals surface area contributed by atoms with E-state index in [1.807, 2.05) is 11.0 Å². The fourth-order valence-corrected chi connectivity index (χ4v) is 4.16. The standard InChI is InChI=1S/C17H18FN3OS/c18-13-1-2-16-12(9-13)3-8-21(16)14-4-6-20(7-5-14)17(22)15-10-23-11-19-15/h1-2,9-11,14H,3-8H2. The number of piperidine rings is 1. The van der Waals surface area contributed by atoms with Gasteiger partial charge in [0.05, 0.1) is 5.51 Å². The number of anilines is 1. The van der Waals surface area contributed by atoms with Crippen LogP contribution in [0.1, 0.15) is 28.9 Å². The van der Waals surface area contributed by atoms with E-state index >= 15 is 0 Å². The summed E-state index contributed by atoms with van der Waals surface area (Å²) in [5.41, 5.74) is 4.51. The molecule has 0 radical (unpaired) electrons. The topological polar surface area (TPSA) is 36.4 Å². The first-order chi connectivity index (χ1) is 11.2. The molecule has 1 aromatic heterocycles. The van der Waals surface area contributed by atoms with Gasteiger partial charge in [0.2, 0.25) is 0 Å². The van der Waals surface area contributed by atoms with Crippen molar-refractivity contribution in [2.75, 3.05) is 24.5 Å². The first-order valence-electron chi connectivity index (χ1n) is 7.95. The highest BCUT2D eigenvalue weighted by molar-refractivity contribution is 7.07. The molecule has 1 saturated heterocycles. The van der Waals surface area contributed by atoms with Crippen LogP contribution in [0, 0.1) is 5.82 Å². The Bertz CT molecular complexity index is 711. The lowest BCUT2D eigenvalue weighted by Crippen LogP contribution is -2.46. The molecular weight excluding hydrogens is 313 g/mol. The van der Waals surface area contributed by atoms with Gasteiger partial charge in [0.15, 0.2) is 0 Å². The fourth-order valence-electron chi connectivity index (χ4n) is 3.64. The van der Waals surface area contributed by atoms with Gasteiger partial charge in [-0.25, -0.2) is 9.37 Å². The van der Waals surface area contributed by atoms with Crippen LogP contribution in [0.5, 0.6) is 0 Å². The van der Waals surface area contributed by atoms with Crippen LogP contribution >= 0.6 is 11.3 Å². The molecule has 0 atom stereocenters. The zero-order valence-electron chi connectivity index (χ0n) is 12.7. The number of halogens is 1. The van der Waals surface area contributed by atoms with Crippen LogP contribution in [0.25, 0.3) is 0 Å². The van der Waals surface area contributed by atoms with Crippen molar-refractivity contribution >= 4 is 22.9 Å². The summed E-state index contributed by atoms with van der Waals surface area (Å²) in [6.45, 7) is 2.46. The molecule has 0 spiro atoms. The van der Waals surface area contributed by atoms with Gasteiger partial charge in [0.25, 0.3) is 5.91 Å². The van der Waals surface area contributed by atoms with Crippen LogP contribution in [-0.4, -0.2) is 41.5 Å². The molecule has 2 aromatic rings. The third-order valence-corrected chi connectivity index (χ3v) is 5.40. The number of nitrogens with zero attached hydrogens (tertiary/aromatic N) is 3. The Morgan fingerprint density at radius 3 is 2.83 bits per heavy atom. The highest BCUT2D eigenvalue weighted by Gasteiger charge is 2.31. The summed E-state index contributed by atoms with van der Waals surface area (Å²) in [7, 11) is 0. The first kappa shape index (κ1) is 14.6. The number of aromatic nitrogens is 1. The van der Waals surface area contributed by atoms with E-state index in [0.717, 1.165) is 50.1 Å². The van der Waals surface area contributed by atoms with Gasteiger partial charge in [-0.2, -0.15) is 0 Å². The van der Waals surface area contributed by atoms with Gasteiger partial charge in [-0.1, -0.05) is 0 Å². The predicted octanol–water partition coefficient (Wildman–Crippen LogP) is 2.95. The van der Waals surface area contributed by atoms with Crippen molar-refractivity contribution in [2.24, 2.45) is 0 Å². The van der Waals surface area contributed by atoms with E-state index in [9.17, 15) is 9.18 Å². The lowest BCUT2D eigenvalue weighted by atomic mass is 10.0. The minimum atomic E-state index is -0.158. The molecule has 1 aromatic carbocycles. The minimum absolute atomic E-state index is 0.0357. The Balaban J connectivity index is 1.42. The number of amides is 1. The van der Waals surface area contributed by atoms with E-state index in [2.05, 4.69) is 9.88 Å². The molecule has 4 rings (SSSR count). The maximum atomic E-state index is 13.3. The van der Waals surface area contributed by atoms with Gasteiger partial charge in [0.1, 0.15) is 11.5 Å². The molecule has 4 nitrogen and oxygen atoms in total. The zero-order chi connectivity index (χ0) is 15.8. The molecule has 2 aliphatic heterocycles. The van der Waals surface area contributed by atoms with Gasteiger partial charge in [0, 0.05) is 36.7 Å². The van der Waals surface area contributed by atoms with Crippen molar-refractivity contribution < 1.29 is 9.18 Å². The molecular formula is C17H18FN3OS. The second kappa shape index (κ2) is 5.92. The van der Waals surface area contributed by atoms with Crippen LogP contribution in [0.2, 0.25) is 0 Å². The SMILES string of the molecule is O=C(c1cscn1)N1CCC(N2CCc3cc(F)ccc32)CC1. The molecule has 0 bridgehead atoms. The summed E-state index contributed by atoms with van der Waals surface area (Å²) >= 11 is 1.45. The van der Waals surface area contributed by atoms with E-state index in [-0.39, 0.29) is 11.7 Å². The van der Waals surface area contributed by atoms with Crippen molar-refractivity contribution in [3.8, 4) is 0 Å². The molecule has 0 N–H and O–H groups in total. The maximum absolute atomic E-state index is 13.3. The number of benzene rings is 1. The molecule has 6 heteroatoms. The first-order valence-corrected chi connectivity index (χ1v) is 8.89. The summed E-state index contributed by atoms with van der Waals surface area (Å²) in [4.78, 5) is 20.7. The largest absolute Gasteiger partial charge is 0.368 e.